The average molecular weight is 290 g/mol. The molecule has 0 bridgehead atoms. The summed E-state index contributed by atoms with van der Waals surface area (Å²) in [5.41, 5.74) is 1.28. The molecule has 0 saturated carbocycles. The van der Waals surface area contributed by atoms with Gasteiger partial charge in [0.25, 0.3) is 0 Å². The van der Waals surface area contributed by atoms with Crippen molar-refractivity contribution in [2.24, 2.45) is 5.92 Å². The van der Waals surface area contributed by atoms with Gasteiger partial charge in [-0.15, -0.1) is 0 Å². The van der Waals surface area contributed by atoms with Gasteiger partial charge in [0, 0.05) is 6.61 Å². The summed E-state index contributed by atoms with van der Waals surface area (Å²) in [5.74, 6) is 0.876. The Hall–Kier alpha value is -0.820. The van der Waals surface area contributed by atoms with Crippen molar-refractivity contribution in [3.8, 4) is 0 Å². The van der Waals surface area contributed by atoms with E-state index in [0.29, 0.717) is 0 Å². The van der Waals surface area contributed by atoms with Crippen molar-refractivity contribution in [2.75, 3.05) is 6.61 Å². The van der Waals surface area contributed by atoms with Gasteiger partial charge in [-0.05, 0) is 17.9 Å². The summed E-state index contributed by atoms with van der Waals surface area (Å²) < 4.78 is 5.70. The molecule has 0 heterocycles. The molecule has 0 spiro atoms. The van der Waals surface area contributed by atoms with Crippen LogP contribution in [0.4, 0.5) is 0 Å². The monoisotopic (exact) mass is 290 g/mol. The van der Waals surface area contributed by atoms with Gasteiger partial charge in [-0.1, -0.05) is 95.5 Å². The fraction of sp³-hybridized carbons (Fsp3) is 0.700. The summed E-state index contributed by atoms with van der Waals surface area (Å²) in [6.07, 6.45) is 12.4. The zero-order valence-corrected chi connectivity index (χ0v) is 14.2. The van der Waals surface area contributed by atoms with Gasteiger partial charge in [-0.2, -0.15) is 0 Å². The van der Waals surface area contributed by atoms with Crippen molar-refractivity contribution in [3.63, 3.8) is 0 Å². The quantitative estimate of drug-likeness (QED) is 0.383. The second-order valence-corrected chi connectivity index (χ2v) is 6.55. The molecule has 1 rings (SSSR count). The van der Waals surface area contributed by atoms with Crippen LogP contribution in [-0.4, -0.2) is 6.61 Å². The lowest BCUT2D eigenvalue weighted by Crippen LogP contribution is -1.95. The molecule has 1 heteroatoms. The van der Waals surface area contributed by atoms with E-state index in [4.69, 9.17) is 4.74 Å². The Morgan fingerprint density at radius 2 is 1.33 bits per heavy atom. The lowest BCUT2D eigenvalue weighted by atomic mass is 10.0. The van der Waals surface area contributed by atoms with Crippen molar-refractivity contribution < 1.29 is 4.74 Å². The van der Waals surface area contributed by atoms with Crippen molar-refractivity contribution in [3.05, 3.63) is 35.9 Å². The highest BCUT2D eigenvalue weighted by Gasteiger charge is 1.96. The van der Waals surface area contributed by atoms with Crippen LogP contribution in [0.15, 0.2) is 30.3 Å². The largest absolute Gasteiger partial charge is 0.377 e. The van der Waals surface area contributed by atoms with Crippen LogP contribution >= 0.6 is 0 Å². The number of hydrogen-bond donors (Lipinski definition) is 0. The van der Waals surface area contributed by atoms with Crippen LogP contribution in [0.1, 0.15) is 77.2 Å². The summed E-state index contributed by atoms with van der Waals surface area (Å²) in [7, 11) is 0. The third-order valence-corrected chi connectivity index (χ3v) is 3.93. The Bertz CT molecular complexity index is 318. The van der Waals surface area contributed by atoms with E-state index in [1.165, 1.54) is 63.4 Å². The molecule has 0 radical (unpaired) electrons. The molecule has 0 fully saturated rings. The molecule has 0 aliphatic rings. The molecule has 1 nitrogen and oxygen atoms in total. The van der Waals surface area contributed by atoms with E-state index in [2.05, 4.69) is 38.1 Å². The summed E-state index contributed by atoms with van der Waals surface area (Å²) in [4.78, 5) is 0. The van der Waals surface area contributed by atoms with Gasteiger partial charge < -0.3 is 4.74 Å². The normalized spacial score (nSPS) is 11.2. The lowest BCUT2D eigenvalue weighted by molar-refractivity contribution is 0.116. The molecule has 0 amide bonds. The molecule has 0 saturated heterocycles. The fourth-order valence-corrected chi connectivity index (χ4v) is 2.58. The second kappa shape index (κ2) is 12.9. The summed E-state index contributed by atoms with van der Waals surface area (Å²) in [5, 5.41) is 0. The maximum Gasteiger partial charge on any atom is 0.0716 e. The van der Waals surface area contributed by atoms with Gasteiger partial charge in [-0.3, -0.25) is 0 Å². The van der Waals surface area contributed by atoms with Crippen LogP contribution in [0.5, 0.6) is 0 Å². The lowest BCUT2D eigenvalue weighted by Gasteiger charge is -2.05. The molecular weight excluding hydrogens is 256 g/mol. The molecule has 0 N–H and O–H groups in total. The number of ether oxygens (including phenoxy) is 1. The SMILES string of the molecule is CC(C)CCCCCCCCCCOCc1ccccc1. The van der Waals surface area contributed by atoms with Gasteiger partial charge in [0.05, 0.1) is 6.61 Å². The van der Waals surface area contributed by atoms with Crippen LogP contribution < -0.4 is 0 Å². The van der Waals surface area contributed by atoms with Gasteiger partial charge in [0.2, 0.25) is 0 Å². The van der Waals surface area contributed by atoms with E-state index >= 15 is 0 Å². The molecule has 21 heavy (non-hydrogen) atoms. The van der Waals surface area contributed by atoms with Gasteiger partial charge in [-0.25, -0.2) is 0 Å². The second-order valence-electron chi connectivity index (χ2n) is 6.55. The first kappa shape index (κ1) is 18.2. The Balaban J connectivity index is 1.77. The minimum atomic E-state index is 0.761. The van der Waals surface area contributed by atoms with E-state index in [9.17, 15) is 0 Å². The van der Waals surface area contributed by atoms with E-state index in [1.54, 1.807) is 0 Å². The van der Waals surface area contributed by atoms with Gasteiger partial charge in [0.1, 0.15) is 0 Å². The molecule has 0 aliphatic carbocycles. The molecular formula is C20H34O. The Morgan fingerprint density at radius 3 is 1.95 bits per heavy atom. The first-order chi connectivity index (χ1) is 10.3. The van der Waals surface area contributed by atoms with Gasteiger partial charge in [0.15, 0.2) is 0 Å². The number of benzene rings is 1. The van der Waals surface area contributed by atoms with Crippen LogP contribution in [-0.2, 0) is 11.3 Å². The smallest absolute Gasteiger partial charge is 0.0716 e. The predicted molar refractivity (Wildman–Crippen MR) is 92.5 cm³/mol. The highest BCUT2D eigenvalue weighted by atomic mass is 16.5. The first-order valence-electron chi connectivity index (χ1n) is 8.90. The zero-order chi connectivity index (χ0) is 15.2. The Morgan fingerprint density at radius 1 is 0.762 bits per heavy atom. The van der Waals surface area contributed by atoms with E-state index in [1.807, 2.05) is 6.07 Å². The van der Waals surface area contributed by atoms with E-state index < -0.39 is 0 Å². The molecule has 1 aromatic rings. The van der Waals surface area contributed by atoms with Crippen molar-refractivity contribution in [2.45, 2.75) is 78.2 Å². The molecule has 0 atom stereocenters. The number of hydrogen-bond acceptors (Lipinski definition) is 1. The van der Waals surface area contributed by atoms with Crippen molar-refractivity contribution >= 4 is 0 Å². The van der Waals surface area contributed by atoms with Crippen molar-refractivity contribution in [1.29, 1.82) is 0 Å². The van der Waals surface area contributed by atoms with E-state index in [0.717, 1.165) is 19.1 Å². The van der Waals surface area contributed by atoms with E-state index in [-0.39, 0.29) is 0 Å². The highest BCUT2D eigenvalue weighted by molar-refractivity contribution is 5.13. The predicted octanol–water partition coefficient (Wildman–Crippen LogP) is 6.37. The maximum atomic E-state index is 5.70. The van der Waals surface area contributed by atoms with Crippen LogP contribution in [0, 0.1) is 5.92 Å². The van der Waals surface area contributed by atoms with Crippen molar-refractivity contribution in [1.82, 2.24) is 0 Å². The minimum Gasteiger partial charge on any atom is -0.377 e. The zero-order valence-electron chi connectivity index (χ0n) is 14.2. The molecule has 0 aliphatic heterocycles. The minimum absolute atomic E-state index is 0.761. The fourth-order valence-electron chi connectivity index (χ4n) is 2.58. The maximum absolute atomic E-state index is 5.70. The number of unbranched alkanes of at least 4 members (excludes halogenated alkanes) is 7. The molecule has 120 valence electrons. The van der Waals surface area contributed by atoms with Crippen LogP contribution in [0.25, 0.3) is 0 Å². The summed E-state index contributed by atoms with van der Waals surface area (Å²) in [6.45, 7) is 6.31. The average Bonchev–Trinajstić information content (AvgIpc) is 2.49. The number of rotatable bonds is 13. The molecule has 0 unspecified atom stereocenters. The topological polar surface area (TPSA) is 9.23 Å². The highest BCUT2D eigenvalue weighted by Crippen LogP contribution is 2.12. The third-order valence-electron chi connectivity index (χ3n) is 3.93. The molecule has 1 aromatic carbocycles. The summed E-state index contributed by atoms with van der Waals surface area (Å²) in [6, 6.07) is 10.4. The standard InChI is InChI=1S/C20H34O/c1-19(2)14-10-7-5-3-4-6-8-13-17-21-18-20-15-11-9-12-16-20/h9,11-12,15-16,19H,3-8,10,13-14,17-18H2,1-2H3. The van der Waals surface area contributed by atoms with Gasteiger partial charge >= 0.3 is 0 Å². The van der Waals surface area contributed by atoms with Crippen LogP contribution in [0.2, 0.25) is 0 Å². The Labute approximate surface area is 132 Å². The van der Waals surface area contributed by atoms with Crippen LogP contribution in [0.3, 0.4) is 0 Å². The first-order valence-corrected chi connectivity index (χ1v) is 8.90. The third kappa shape index (κ3) is 11.5. The molecule has 0 aromatic heterocycles. The summed E-state index contributed by atoms with van der Waals surface area (Å²) >= 11 is 0. The Kier molecular flexibility index (Phi) is 11.2.